The van der Waals surface area contributed by atoms with Crippen molar-refractivity contribution in [1.29, 1.82) is 0 Å². The molecule has 0 radical (unpaired) electrons. The first-order chi connectivity index (χ1) is 12.2. The summed E-state index contributed by atoms with van der Waals surface area (Å²) in [5.41, 5.74) is 1.26. The molecule has 6 heteroatoms. The summed E-state index contributed by atoms with van der Waals surface area (Å²) in [6.07, 6.45) is 1.03. The van der Waals surface area contributed by atoms with Gasteiger partial charge in [-0.05, 0) is 37.7 Å². The van der Waals surface area contributed by atoms with Crippen molar-refractivity contribution in [2.45, 2.75) is 32.9 Å². The van der Waals surface area contributed by atoms with E-state index in [9.17, 15) is 4.79 Å². The second-order valence-electron chi connectivity index (χ2n) is 6.30. The molecule has 1 N–H and O–H groups in total. The summed E-state index contributed by atoms with van der Waals surface area (Å²) in [6, 6.07) is 11.9. The highest BCUT2D eigenvalue weighted by Crippen LogP contribution is 2.18. The van der Waals surface area contributed by atoms with Crippen molar-refractivity contribution < 1.29 is 9.53 Å². The molecule has 1 aliphatic rings. The number of benzene rings is 1. The number of aromatic nitrogens is 2. The van der Waals surface area contributed by atoms with Gasteiger partial charge in [0.25, 0.3) is 5.91 Å². The average Bonchev–Trinajstić information content (AvgIpc) is 3.31. The Labute approximate surface area is 148 Å². The molecular weight excluding hydrogens is 316 g/mol. The Kier molecular flexibility index (Phi) is 5.71. The molecule has 1 fully saturated rings. The second kappa shape index (κ2) is 8.16. The van der Waals surface area contributed by atoms with E-state index in [2.05, 4.69) is 28.9 Å². The number of carbonyl (C=O) groups excluding carboxylic acids is 1. The first-order valence-corrected chi connectivity index (χ1v) is 8.96. The Balaban J connectivity index is 1.56. The Morgan fingerprint density at radius 1 is 1.32 bits per heavy atom. The molecule has 3 rings (SSSR count). The third kappa shape index (κ3) is 4.20. The first-order valence-electron chi connectivity index (χ1n) is 8.96. The number of aromatic amines is 1. The van der Waals surface area contributed by atoms with Gasteiger partial charge in [-0.25, -0.2) is 0 Å². The fraction of sp³-hybridized carbons (Fsp3) is 0.474. The quantitative estimate of drug-likeness (QED) is 0.840. The van der Waals surface area contributed by atoms with Crippen LogP contribution in [-0.4, -0.2) is 58.1 Å². The molecular formula is C19H26N4O2. The third-order valence-corrected chi connectivity index (χ3v) is 4.77. The fourth-order valence-corrected chi connectivity index (χ4v) is 3.35. The van der Waals surface area contributed by atoms with Crippen molar-refractivity contribution in [3.05, 3.63) is 47.8 Å². The predicted octanol–water partition coefficient (Wildman–Crippen LogP) is 2.54. The van der Waals surface area contributed by atoms with Crippen molar-refractivity contribution in [2.24, 2.45) is 0 Å². The molecule has 1 aromatic carbocycles. The maximum Gasteiger partial charge on any atom is 0.274 e. The molecule has 1 aromatic heterocycles. The molecule has 0 aliphatic carbocycles. The lowest BCUT2D eigenvalue weighted by atomic mass is 10.2. The van der Waals surface area contributed by atoms with Gasteiger partial charge in [-0.1, -0.05) is 32.0 Å². The van der Waals surface area contributed by atoms with Crippen LogP contribution in [0.1, 0.15) is 36.5 Å². The highest BCUT2D eigenvalue weighted by atomic mass is 16.5. The first kappa shape index (κ1) is 17.5. The topological polar surface area (TPSA) is 61.5 Å². The molecule has 6 nitrogen and oxygen atoms in total. The van der Waals surface area contributed by atoms with Crippen molar-refractivity contribution in [3.63, 3.8) is 0 Å². The Hall–Kier alpha value is -2.34. The SMILES string of the molecule is CCN(CC)[C@H]1CCN(C(=O)c2cc(COc3ccccc3)[nH]n2)C1. The predicted molar refractivity (Wildman–Crippen MR) is 96.6 cm³/mol. The number of hydrogen-bond donors (Lipinski definition) is 1. The number of para-hydroxylation sites is 1. The van der Waals surface area contributed by atoms with Gasteiger partial charge in [0, 0.05) is 19.1 Å². The summed E-state index contributed by atoms with van der Waals surface area (Å²) in [6.45, 7) is 8.32. The maximum absolute atomic E-state index is 12.7. The van der Waals surface area contributed by atoms with E-state index in [4.69, 9.17) is 4.74 Å². The van der Waals surface area contributed by atoms with Crippen LogP contribution >= 0.6 is 0 Å². The zero-order valence-corrected chi connectivity index (χ0v) is 14.9. The normalized spacial score (nSPS) is 17.2. The number of H-pyrrole nitrogens is 1. The lowest BCUT2D eigenvalue weighted by molar-refractivity contribution is 0.0772. The smallest absolute Gasteiger partial charge is 0.274 e. The highest BCUT2D eigenvalue weighted by molar-refractivity contribution is 5.92. The van der Waals surface area contributed by atoms with Gasteiger partial charge in [-0.3, -0.25) is 14.8 Å². The van der Waals surface area contributed by atoms with Crippen molar-refractivity contribution >= 4 is 5.91 Å². The van der Waals surface area contributed by atoms with Gasteiger partial charge in [0.2, 0.25) is 0 Å². The number of rotatable bonds is 7. The van der Waals surface area contributed by atoms with Gasteiger partial charge in [-0.15, -0.1) is 0 Å². The minimum absolute atomic E-state index is 0.00290. The summed E-state index contributed by atoms with van der Waals surface area (Å²) in [7, 11) is 0. The van der Waals surface area contributed by atoms with Crippen molar-refractivity contribution in [1.82, 2.24) is 20.0 Å². The minimum atomic E-state index is -0.00290. The monoisotopic (exact) mass is 342 g/mol. The molecule has 2 heterocycles. The molecule has 134 valence electrons. The van der Waals surface area contributed by atoms with Crippen LogP contribution < -0.4 is 4.74 Å². The molecule has 1 saturated heterocycles. The Morgan fingerprint density at radius 2 is 2.08 bits per heavy atom. The van der Waals surface area contributed by atoms with Gasteiger partial charge in [0.15, 0.2) is 5.69 Å². The summed E-state index contributed by atoms with van der Waals surface area (Å²) >= 11 is 0. The number of likely N-dealkylation sites (N-methyl/N-ethyl adjacent to an activating group) is 1. The van der Waals surface area contributed by atoms with Crippen LogP contribution in [0.3, 0.4) is 0 Å². The average molecular weight is 342 g/mol. The van der Waals surface area contributed by atoms with Crippen LogP contribution in [0.5, 0.6) is 5.75 Å². The summed E-state index contributed by atoms with van der Waals surface area (Å²) in [4.78, 5) is 17.0. The number of ether oxygens (including phenoxy) is 1. The van der Waals surface area contributed by atoms with Gasteiger partial charge >= 0.3 is 0 Å². The lowest BCUT2D eigenvalue weighted by Gasteiger charge is -2.25. The lowest BCUT2D eigenvalue weighted by Crippen LogP contribution is -2.38. The zero-order valence-electron chi connectivity index (χ0n) is 14.9. The number of carbonyl (C=O) groups is 1. The van der Waals surface area contributed by atoms with E-state index in [1.165, 1.54) is 0 Å². The van der Waals surface area contributed by atoms with Gasteiger partial charge < -0.3 is 9.64 Å². The van der Waals surface area contributed by atoms with Gasteiger partial charge in [-0.2, -0.15) is 5.10 Å². The number of amides is 1. The Morgan fingerprint density at radius 3 is 2.80 bits per heavy atom. The highest BCUT2D eigenvalue weighted by Gasteiger charge is 2.30. The molecule has 1 atom stereocenters. The molecule has 25 heavy (non-hydrogen) atoms. The molecule has 0 spiro atoms. The van der Waals surface area contributed by atoms with Crippen LogP contribution in [0.15, 0.2) is 36.4 Å². The van der Waals surface area contributed by atoms with E-state index in [1.807, 2.05) is 35.2 Å². The molecule has 0 unspecified atom stereocenters. The largest absolute Gasteiger partial charge is 0.487 e. The van der Waals surface area contributed by atoms with Crippen LogP contribution in [0.4, 0.5) is 0 Å². The zero-order chi connectivity index (χ0) is 17.6. The summed E-state index contributed by atoms with van der Waals surface area (Å²) in [5.74, 6) is 0.795. The van der Waals surface area contributed by atoms with E-state index >= 15 is 0 Å². The number of nitrogens with one attached hydrogen (secondary N) is 1. The summed E-state index contributed by atoms with van der Waals surface area (Å²) in [5, 5.41) is 7.08. The van der Waals surface area contributed by atoms with Crippen molar-refractivity contribution in [3.8, 4) is 5.75 Å². The van der Waals surface area contributed by atoms with E-state index < -0.39 is 0 Å². The van der Waals surface area contributed by atoms with E-state index in [-0.39, 0.29) is 5.91 Å². The van der Waals surface area contributed by atoms with Crippen LogP contribution in [0, 0.1) is 0 Å². The molecule has 0 bridgehead atoms. The van der Waals surface area contributed by atoms with Gasteiger partial charge in [0.05, 0.1) is 5.69 Å². The van der Waals surface area contributed by atoms with Crippen LogP contribution in [-0.2, 0) is 6.61 Å². The van der Waals surface area contributed by atoms with E-state index in [1.54, 1.807) is 6.07 Å². The van der Waals surface area contributed by atoms with E-state index in [0.717, 1.165) is 44.0 Å². The summed E-state index contributed by atoms with van der Waals surface area (Å²) < 4.78 is 5.69. The molecule has 0 saturated carbocycles. The number of nitrogens with zero attached hydrogens (tertiary/aromatic N) is 3. The standard InChI is InChI=1S/C19H26N4O2/c1-3-22(4-2)16-10-11-23(13-16)19(24)18-12-15(20-21-18)14-25-17-8-6-5-7-9-17/h5-9,12,16H,3-4,10-11,13-14H2,1-2H3,(H,20,21)/t16-/m0/s1. The molecule has 2 aromatic rings. The van der Waals surface area contributed by atoms with E-state index in [0.29, 0.717) is 18.3 Å². The number of hydrogen-bond acceptors (Lipinski definition) is 4. The number of likely N-dealkylation sites (tertiary alicyclic amines) is 1. The van der Waals surface area contributed by atoms with Crippen LogP contribution in [0.25, 0.3) is 0 Å². The second-order valence-corrected chi connectivity index (χ2v) is 6.30. The van der Waals surface area contributed by atoms with Crippen molar-refractivity contribution in [2.75, 3.05) is 26.2 Å². The third-order valence-electron chi connectivity index (χ3n) is 4.77. The minimum Gasteiger partial charge on any atom is -0.487 e. The fourth-order valence-electron chi connectivity index (χ4n) is 3.35. The molecule has 1 aliphatic heterocycles. The Bertz CT molecular complexity index is 682. The maximum atomic E-state index is 12.7. The van der Waals surface area contributed by atoms with Crippen LogP contribution in [0.2, 0.25) is 0 Å². The molecule has 1 amide bonds. The van der Waals surface area contributed by atoms with Gasteiger partial charge in [0.1, 0.15) is 12.4 Å².